The number of hydrogen-bond donors (Lipinski definition) is 1. The number of aromatic nitrogens is 1. The van der Waals surface area contributed by atoms with Crippen molar-refractivity contribution in [1.29, 1.82) is 0 Å². The molecule has 0 bridgehead atoms. The minimum absolute atomic E-state index is 0.0864. The Morgan fingerprint density at radius 1 is 1.53 bits per heavy atom. The number of nitrogens with zero attached hydrogens (tertiary/aromatic N) is 2. The zero-order valence-corrected chi connectivity index (χ0v) is 12.6. The molecule has 0 aliphatic carbocycles. The van der Waals surface area contributed by atoms with Gasteiger partial charge >= 0.3 is 0 Å². The van der Waals surface area contributed by atoms with Crippen LogP contribution in [0.15, 0.2) is 5.38 Å². The van der Waals surface area contributed by atoms with Crippen LogP contribution < -0.4 is 5.73 Å². The van der Waals surface area contributed by atoms with Gasteiger partial charge in [-0.3, -0.25) is 4.79 Å². The fourth-order valence-corrected chi connectivity index (χ4v) is 3.53. The fraction of sp³-hybridized carbons (Fsp3) is 0.714. The molecule has 0 aromatic carbocycles. The first kappa shape index (κ1) is 14.5. The van der Waals surface area contributed by atoms with Crippen LogP contribution in [-0.2, 0) is 6.42 Å². The van der Waals surface area contributed by atoms with Gasteiger partial charge in [-0.05, 0) is 31.2 Å². The summed E-state index contributed by atoms with van der Waals surface area (Å²) in [6.45, 7) is 6.77. The van der Waals surface area contributed by atoms with Crippen LogP contribution in [0, 0.1) is 5.41 Å². The van der Waals surface area contributed by atoms with Crippen molar-refractivity contribution in [3.8, 4) is 0 Å². The Morgan fingerprint density at radius 3 is 2.84 bits per heavy atom. The Balaban J connectivity index is 2.04. The van der Waals surface area contributed by atoms with Crippen LogP contribution in [0.25, 0.3) is 0 Å². The van der Waals surface area contributed by atoms with E-state index in [1.54, 1.807) is 0 Å². The van der Waals surface area contributed by atoms with E-state index in [1.165, 1.54) is 11.3 Å². The first-order valence-electron chi connectivity index (χ1n) is 7.08. The monoisotopic (exact) mass is 281 g/mol. The normalized spacial score (nSPS) is 17.9. The summed E-state index contributed by atoms with van der Waals surface area (Å²) in [4.78, 5) is 18.8. The van der Waals surface area contributed by atoms with E-state index in [4.69, 9.17) is 5.73 Å². The van der Waals surface area contributed by atoms with Crippen LogP contribution in [0.5, 0.6) is 0 Å². The van der Waals surface area contributed by atoms with E-state index < -0.39 is 0 Å². The summed E-state index contributed by atoms with van der Waals surface area (Å²) in [6.07, 6.45) is 4.16. The number of thiazole rings is 1. The molecule has 1 aromatic heterocycles. The average molecular weight is 281 g/mol. The third kappa shape index (κ3) is 2.98. The van der Waals surface area contributed by atoms with Crippen LogP contribution in [0.1, 0.15) is 48.6 Å². The molecule has 1 saturated heterocycles. The fourth-order valence-electron chi connectivity index (χ4n) is 2.75. The first-order valence-corrected chi connectivity index (χ1v) is 7.96. The van der Waals surface area contributed by atoms with Crippen LogP contribution in [0.4, 0.5) is 0 Å². The SMILES string of the molecule is CCC1(CC)CCN(C(=O)c2csc(CCN)n2)C1. The van der Waals surface area contributed by atoms with Crippen LogP contribution in [0.3, 0.4) is 0 Å². The lowest BCUT2D eigenvalue weighted by Gasteiger charge is -2.26. The average Bonchev–Trinajstić information content (AvgIpc) is 3.05. The van der Waals surface area contributed by atoms with Gasteiger partial charge in [-0.15, -0.1) is 11.3 Å². The third-order valence-electron chi connectivity index (χ3n) is 4.35. The van der Waals surface area contributed by atoms with E-state index in [9.17, 15) is 4.79 Å². The van der Waals surface area contributed by atoms with E-state index in [1.807, 2.05) is 10.3 Å². The van der Waals surface area contributed by atoms with Crippen molar-refractivity contribution in [2.24, 2.45) is 11.1 Å². The molecule has 0 atom stereocenters. The maximum Gasteiger partial charge on any atom is 0.273 e. The van der Waals surface area contributed by atoms with E-state index in [2.05, 4.69) is 18.8 Å². The molecule has 0 spiro atoms. The minimum atomic E-state index is 0.0864. The molecule has 4 nitrogen and oxygen atoms in total. The molecule has 1 aliphatic rings. The highest BCUT2D eigenvalue weighted by Crippen LogP contribution is 2.37. The summed E-state index contributed by atoms with van der Waals surface area (Å²) in [7, 11) is 0. The summed E-state index contributed by atoms with van der Waals surface area (Å²) in [5, 5.41) is 2.83. The van der Waals surface area contributed by atoms with E-state index >= 15 is 0 Å². The van der Waals surface area contributed by atoms with E-state index in [0.29, 0.717) is 17.7 Å². The molecule has 19 heavy (non-hydrogen) atoms. The predicted octanol–water partition coefficient (Wildman–Crippen LogP) is 2.30. The number of amides is 1. The second-order valence-corrected chi connectivity index (χ2v) is 6.29. The van der Waals surface area contributed by atoms with Gasteiger partial charge in [0.1, 0.15) is 5.69 Å². The second kappa shape index (κ2) is 6.01. The zero-order valence-electron chi connectivity index (χ0n) is 11.8. The Bertz CT molecular complexity index is 440. The minimum Gasteiger partial charge on any atom is -0.337 e. The Hall–Kier alpha value is -0.940. The molecule has 1 aromatic rings. The molecule has 1 amide bonds. The van der Waals surface area contributed by atoms with Crippen molar-refractivity contribution in [1.82, 2.24) is 9.88 Å². The highest BCUT2D eigenvalue weighted by atomic mass is 32.1. The van der Waals surface area contributed by atoms with Gasteiger partial charge in [-0.1, -0.05) is 13.8 Å². The van der Waals surface area contributed by atoms with Crippen molar-refractivity contribution in [2.75, 3.05) is 19.6 Å². The lowest BCUT2D eigenvalue weighted by molar-refractivity contribution is 0.0764. The number of carbonyl (C=O) groups excluding carboxylic acids is 1. The molecule has 2 N–H and O–H groups in total. The summed E-state index contributed by atoms with van der Waals surface area (Å²) in [6, 6.07) is 0. The van der Waals surface area contributed by atoms with Crippen molar-refractivity contribution < 1.29 is 4.79 Å². The van der Waals surface area contributed by atoms with Crippen molar-refractivity contribution in [3.05, 3.63) is 16.1 Å². The molecule has 2 rings (SSSR count). The van der Waals surface area contributed by atoms with E-state index in [-0.39, 0.29) is 5.91 Å². The summed E-state index contributed by atoms with van der Waals surface area (Å²) in [5.41, 5.74) is 6.43. The molecule has 2 heterocycles. The molecule has 0 unspecified atom stereocenters. The van der Waals surface area contributed by atoms with Gasteiger partial charge in [0.2, 0.25) is 0 Å². The van der Waals surface area contributed by atoms with Gasteiger partial charge in [0.25, 0.3) is 5.91 Å². The van der Waals surface area contributed by atoms with Gasteiger partial charge in [-0.2, -0.15) is 0 Å². The van der Waals surface area contributed by atoms with Crippen molar-refractivity contribution in [2.45, 2.75) is 39.5 Å². The summed E-state index contributed by atoms with van der Waals surface area (Å²) >= 11 is 1.53. The lowest BCUT2D eigenvalue weighted by Crippen LogP contribution is -2.32. The number of hydrogen-bond acceptors (Lipinski definition) is 4. The molecule has 1 fully saturated rings. The largest absolute Gasteiger partial charge is 0.337 e. The predicted molar refractivity (Wildman–Crippen MR) is 78.4 cm³/mol. The number of carbonyl (C=O) groups is 1. The summed E-state index contributed by atoms with van der Waals surface area (Å²) in [5.74, 6) is 0.0864. The molecule has 0 radical (unpaired) electrons. The van der Waals surface area contributed by atoms with Gasteiger partial charge in [0, 0.05) is 24.9 Å². The Kier molecular flexibility index (Phi) is 4.58. The molecule has 5 heteroatoms. The molecular weight excluding hydrogens is 258 g/mol. The van der Waals surface area contributed by atoms with E-state index in [0.717, 1.165) is 43.8 Å². The zero-order chi connectivity index (χ0) is 13.9. The van der Waals surface area contributed by atoms with Crippen LogP contribution in [0.2, 0.25) is 0 Å². The molecule has 106 valence electrons. The number of likely N-dealkylation sites (tertiary alicyclic amines) is 1. The van der Waals surface area contributed by atoms with Gasteiger partial charge < -0.3 is 10.6 Å². The first-order chi connectivity index (χ1) is 9.14. The molecular formula is C14H23N3OS. The highest BCUT2D eigenvalue weighted by Gasteiger charge is 2.37. The topological polar surface area (TPSA) is 59.2 Å². The molecule has 1 aliphatic heterocycles. The smallest absolute Gasteiger partial charge is 0.273 e. The lowest BCUT2D eigenvalue weighted by atomic mass is 9.82. The number of nitrogens with two attached hydrogens (primary N) is 1. The van der Waals surface area contributed by atoms with Crippen molar-refractivity contribution in [3.63, 3.8) is 0 Å². The molecule has 0 saturated carbocycles. The van der Waals surface area contributed by atoms with Gasteiger partial charge in [0.05, 0.1) is 5.01 Å². The van der Waals surface area contributed by atoms with Crippen LogP contribution in [-0.4, -0.2) is 35.4 Å². The number of rotatable bonds is 5. The van der Waals surface area contributed by atoms with Gasteiger partial charge in [0.15, 0.2) is 0 Å². The third-order valence-corrected chi connectivity index (χ3v) is 5.26. The maximum atomic E-state index is 12.4. The standard InChI is InChI=1S/C14H23N3OS/c1-3-14(4-2)6-8-17(10-14)13(18)11-9-19-12(16-11)5-7-15/h9H,3-8,10,15H2,1-2H3. The van der Waals surface area contributed by atoms with Gasteiger partial charge in [-0.25, -0.2) is 4.98 Å². The Morgan fingerprint density at radius 2 is 2.26 bits per heavy atom. The van der Waals surface area contributed by atoms with Crippen molar-refractivity contribution >= 4 is 17.2 Å². The summed E-state index contributed by atoms with van der Waals surface area (Å²) < 4.78 is 0. The maximum absolute atomic E-state index is 12.4. The second-order valence-electron chi connectivity index (χ2n) is 5.35. The quantitative estimate of drug-likeness (QED) is 0.901. The van der Waals surface area contributed by atoms with Crippen LogP contribution >= 0.6 is 11.3 Å². The Labute approximate surface area is 119 Å². The highest BCUT2D eigenvalue weighted by molar-refractivity contribution is 7.09.